The third-order valence-corrected chi connectivity index (χ3v) is 4.20. The first-order chi connectivity index (χ1) is 12.7. The Balaban J connectivity index is 0.00000261. The second-order valence-electron chi connectivity index (χ2n) is 5.99. The van der Waals surface area contributed by atoms with Gasteiger partial charge < -0.3 is 25.5 Å². The summed E-state index contributed by atoms with van der Waals surface area (Å²) in [5.41, 5.74) is 8.53. The smallest absolute Gasteiger partial charge is 0.255 e. The van der Waals surface area contributed by atoms with Crippen molar-refractivity contribution in [2.45, 2.75) is 13.0 Å². The van der Waals surface area contributed by atoms with Crippen molar-refractivity contribution < 1.29 is 14.3 Å². The Hall–Kier alpha value is -2.70. The van der Waals surface area contributed by atoms with Crippen LogP contribution in [0.1, 0.15) is 11.1 Å². The number of hydrogen-bond donors (Lipinski definition) is 3. The van der Waals surface area contributed by atoms with E-state index in [2.05, 4.69) is 28.6 Å². The van der Waals surface area contributed by atoms with Gasteiger partial charge in [-0.1, -0.05) is 30.3 Å². The molecule has 1 aromatic heterocycles. The number of rotatable bonds is 9. The van der Waals surface area contributed by atoms with Crippen LogP contribution in [0.3, 0.4) is 0 Å². The summed E-state index contributed by atoms with van der Waals surface area (Å²) in [6.07, 6.45) is 2.96. The SMILES string of the molecule is COc1cccc(CNCCc2c[nH]c3ccccc23)c1OCC(N)=O.Cl. The molecule has 0 aliphatic carbocycles. The normalized spacial score (nSPS) is 10.4. The second kappa shape index (κ2) is 9.85. The number of carbonyl (C=O) groups is 1. The highest BCUT2D eigenvalue weighted by molar-refractivity contribution is 5.85. The lowest BCUT2D eigenvalue weighted by Gasteiger charge is -2.14. The van der Waals surface area contributed by atoms with Crippen molar-refractivity contribution in [3.63, 3.8) is 0 Å². The molecule has 3 rings (SSSR count). The zero-order chi connectivity index (χ0) is 18.4. The van der Waals surface area contributed by atoms with E-state index in [-0.39, 0.29) is 19.0 Å². The largest absolute Gasteiger partial charge is 0.493 e. The summed E-state index contributed by atoms with van der Waals surface area (Å²) in [6, 6.07) is 13.9. The van der Waals surface area contributed by atoms with Gasteiger partial charge in [0.1, 0.15) is 0 Å². The molecule has 144 valence electrons. The fourth-order valence-electron chi connectivity index (χ4n) is 2.95. The summed E-state index contributed by atoms with van der Waals surface area (Å²) < 4.78 is 10.9. The van der Waals surface area contributed by atoms with Crippen molar-refractivity contribution in [3.05, 3.63) is 59.8 Å². The molecule has 6 nitrogen and oxygen atoms in total. The van der Waals surface area contributed by atoms with Crippen LogP contribution in [0.25, 0.3) is 10.9 Å². The fourth-order valence-corrected chi connectivity index (χ4v) is 2.95. The van der Waals surface area contributed by atoms with Gasteiger partial charge in [0, 0.05) is 29.2 Å². The van der Waals surface area contributed by atoms with Crippen molar-refractivity contribution in [2.24, 2.45) is 5.73 Å². The maximum absolute atomic E-state index is 11.0. The summed E-state index contributed by atoms with van der Waals surface area (Å²) in [5.74, 6) is 0.615. The number of nitrogens with two attached hydrogens (primary N) is 1. The van der Waals surface area contributed by atoms with E-state index in [1.165, 1.54) is 10.9 Å². The number of H-pyrrole nitrogens is 1. The summed E-state index contributed by atoms with van der Waals surface area (Å²) >= 11 is 0. The number of benzene rings is 2. The summed E-state index contributed by atoms with van der Waals surface area (Å²) in [5, 5.41) is 4.67. The molecule has 27 heavy (non-hydrogen) atoms. The Bertz CT molecular complexity index is 895. The van der Waals surface area contributed by atoms with E-state index in [1.807, 2.05) is 24.3 Å². The van der Waals surface area contributed by atoms with Gasteiger partial charge in [0.2, 0.25) is 0 Å². The minimum Gasteiger partial charge on any atom is -0.493 e. The number of aromatic amines is 1. The van der Waals surface area contributed by atoms with Crippen LogP contribution in [0.4, 0.5) is 0 Å². The maximum Gasteiger partial charge on any atom is 0.255 e. The van der Waals surface area contributed by atoms with E-state index in [0.29, 0.717) is 18.0 Å². The second-order valence-corrected chi connectivity index (χ2v) is 5.99. The molecule has 7 heteroatoms. The zero-order valence-corrected chi connectivity index (χ0v) is 16.0. The van der Waals surface area contributed by atoms with Crippen LogP contribution in [0.2, 0.25) is 0 Å². The first-order valence-electron chi connectivity index (χ1n) is 8.51. The quantitative estimate of drug-likeness (QED) is 0.491. The molecule has 1 heterocycles. The first kappa shape index (κ1) is 20.6. The summed E-state index contributed by atoms with van der Waals surface area (Å²) in [7, 11) is 1.57. The fraction of sp³-hybridized carbons (Fsp3) is 0.250. The summed E-state index contributed by atoms with van der Waals surface area (Å²) in [4.78, 5) is 14.3. The van der Waals surface area contributed by atoms with Crippen molar-refractivity contribution in [2.75, 3.05) is 20.3 Å². The minimum atomic E-state index is -0.519. The van der Waals surface area contributed by atoms with Gasteiger partial charge in [0.05, 0.1) is 7.11 Å². The van der Waals surface area contributed by atoms with E-state index in [1.54, 1.807) is 13.2 Å². The molecule has 0 spiro atoms. The highest BCUT2D eigenvalue weighted by Crippen LogP contribution is 2.31. The highest BCUT2D eigenvalue weighted by atomic mass is 35.5. The number of ether oxygens (including phenoxy) is 2. The Morgan fingerprint density at radius 1 is 1.15 bits per heavy atom. The Kier molecular flexibility index (Phi) is 7.52. The molecule has 0 radical (unpaired) electrons. The molecule has 0 aliphatic heterocycles. The van der Waals surface area contributed by atoms with Crippen LogP contribution in [0.5, 0.6) is 11.5 Å². The van der Waals surface area contributed by atoms with Crippen LogP contribution < -0.4 is 20.5 Å². The molecule has 2 aromatic carbocycles. The average molecular weight is 390 g/mol. The lowest BCUT2D eigenvalue weighted by Crippen LogP contribution is -2.22. The molecular weight excluding hydrogens is 366 g/mol. The van der Waals surface area contributed by atoms with Crippen LogP contribution >= 0.6 is 12.4 Å². The van der Waals surface area contributed by atoms with Crippen LogP contribution in [0.15, 0.2) is 48.7 Å². The monoisotopic (exact) mass is 389 g/mol. The highest BCUT2D eigenvalue weighted by Gasteiger charge is 2.11. The molecule has 4 N–H and O–H groups in total. The third kappa shape index (κ3) is 5.15. The third-order valence-electron chi connectivity index (χ3n) is 4.20. The molecule has 1 amide bonds. The number of amides is 1. The molecule has 0 unspecified atom stereocenters. The van der Waals surface area contributed by atoms with E-state index in [4.69, 9.17) is 15.2 Å². The predicted octanol–water partition coefficient (Wildman–Crippen LogP) is 2.79. The number of carbonyl (C=O) groups excluding carboxylic acids is 1. The average Bonchev–Trinajstić information content (AvgIpc) is 3.07. The van der Waals surface area contributed by atoms with Crippen LogP contribution in [-0.2, 0) is 17.8 Å². The van der Waals surface area contributed by atoms with Crippen LogP contribution in [-0.4, -0.2) is 31.2 Å². The predicted molar refractivity (Wildman–Crippen MR) is 109 cm³/mol. The molecular formula is C20H24ClN3O3. The topological polar surface area (TPSA) is 89.4 Å². The Morgan fingerprint density at radius 2 is 1.96 bits per heavy atom. The first-order valence-corrected chi connectivity index (χ1v) is 8.51. The molecule has 0 aliphatic rings. The number of hydrogen-bond acceptors (Lipinski definition) is 4. The van der Waals surface area contributed by atoms with Gasteiger partial charge in [-0.3, -0.25) is 4.79 Å². The molecule has 3 aromatic rings. The van der Waals surface area contributed by atoms with Gasteiger partial charge in [-0.2, -0.15) is 0 Å². The van der Waals surface area contributed by atoms with Gasteiger partial charge >= 0.3 is 0 Å². The molecule has 0 bridgehead atoms. The van der Waals surface area contributed by atoms with Gasteiger partial charge in [-0.25, -0.2) is 0 Å². The molecule has 0 fully saturated rings. The number of fused-ring (bicyclic) bond motifs is 1. The van der Waals surface area contributed by atoms with Gasteiger partial charge in [-0.15, -0.1) is 12.4 Å². The number of para-hydroxylation sites is 2. The van der Waals surface area contributed by atoms with E-state index >= 15 is 0 Å². The van der Waals surface area contributed by atoms with Crippen molar-refractivity contribution >= 4 is 29.2 Å². The van der Waals surface area contributed by atoms with Gasteiger partial charge in [0.15, 0.2) is 18.1 Å². The lowest BCUT2D eigenvalue weighted by atomic mass is 10.1. The van der Waals surface area contributed by atoms with Crippen molar-refractivity contribution in [1.82, 2.24) is 10.3 Å². The number of methoxy groups -OCH3 is 1. The standard InChI is InChI=1S/C20H23N3O3.ClH/c1-25-18-8-4-5-15(20(18)26-13-19(21)24)11-22-10-9-14-12-23-17-7-3-2-6-16(14)17;/h2-8,12,22-23H,9-11,13H2,1H3,(H2,21,24);1H. The van der Waals surface area contributed by atoms with Gasteiger partial charge in [-0.05, 0) is 30.7 Å². The van der Waals surface area contributed by atoms with Gasteiger partial charge in [0.25, 0.3) is 5.91 Å². The van der Waals surface area contributed by atoms with Crippen molar-refractivity contribution in [1.29, 1.82) is 0 Å². The number of halogens is 1. The van der Waals surface area contributed by atoms with Crippen LogP contribution in [0, 0.1) is 0 Å². The minimum absolute atomic E-state index is 0. The zero-order valence-electron chi connectivity index (χ0n) is 15.2. The van der Waals surface area contributed by atoms with E-state index in [9.17, 15) is 4.79 Å². The number of nitrogens with one attached hydrogen (secondary N) is 2. The Morgan fingerprint density at radius 3 is 2.74 bits per heavy atom. The number of aromatic nitrogens is 1. The Labute approximate surface area is 164 Å². The molecule has 0 saturated carbocycles. The maximum atomic E-state index is 11.0. The summed E-state index contributed by atoms with van der Waals surface area (Å²) in [6.45, 7) is 1.24. The van der Waals surface area contributed by atoms with E-state index in [0.717, 1.165) is 24.0 Å². The molecule has 0 saturated heterocycles. The van der Waals surface area contributed by atoms with Crippen molar-refractivity contribution in [3.8, 4) is 11.5 Å². The molecule has 0 atom stereocenters. The lowest BCUT2D eigenvalue weighted by molar-refractivity contribution is -0.119. The van der Waals surface area contributed by atoms with E-state index < -0.39 is 5.91 Å². The number of primary amides is 1.